The standard InChI is InChI=1S/C22H37NO4/c1-3-5-7-8-9-10-11-12-15-19-26-20(24)22(16-13-14-17-22)23-21(25)27-18-6-4-2/h2H,3,5-19H2,1H3,(H,23,25). The molecule has 1 aliphatic carbocycles. The fourth-order valence-corrected chi connectivity index (χ4v) is 3.51. The van der Waals surface area contributed by atoms with Crippen LogP contribution in [0.5, 0.6) is 0 Å². The highest BCUT2D eigenvalue weighted by Gasteiger charge is 2.44. The van der Waals surface area contributed by atoms with Crippen LogP contribution in [0.3, 0.4) is 0 Å². The van der Waals surface area contributed by atoms with Crippen LogP contribution in [0, 0.1) is 12.3 Å². The van der Waals surface area contributed by atoms with E-state index >= 15 is 0 Å². The lowest BCUT2D eigenvalue weighted by Crippen LogP contribution is -2.53. The SMILES string of the molecule is C#CCCOC(=O)NC1(C(=O)OCCCCCCCCCCC)CCCC1. The van der Waals surface area contributed by atoms with Gasteiger partial charge in [-0.2, -0.15) is 0 Å². The molecule has 1 aliphatic rings. The van der Waals surface area contributed by atoms with Gasteiger partial charge in [-0.15, -0.1) is 12.3 Å². The Bertz CT molecular complexity index is 463. The molecule has 27 heavy (non-hydrogen) atoms. The zero-order valence-electron chi connectivity index (χ0n) is 17.0. The number of esters is 1. The zero-order valence-corrected chi connectivity index (χ0v) is 17.0. The molecule has 0 saturated heterocycles. The van der Waals surface area contributed by atoms with E-state index in [2.05, 4.69) is 18.2 Å². The lowest BCUT2D eigenvalue weighted by molar-refractivity contribution is -0.151. The van der Waals surface area contributed by atoms with E-state index in [1.165, 1.54) is 44.9 Å². The first-order chi connectivity index (χ1) is 13.1. The molecular formula is C22H37NO4. The van der Waals surface area contributed by atoms with Crippen molar-refractivity contribution >= 4 is 12.1 Å². The maximum Gasteiger partial charge on any atom is 0.408 e. The predicted octanol–water partition coefficient (Wildman–Crippen LogP) is 5.12. The van der Waals surface area contributed by atoms with Crippen molar-refractivity contribution in [3.63, 3.8) is 0 Å². The minimum Gasteiger partial charge on any atom is -0.464 e. The number of hydrogen-bond acceptors (Lipinski definition) is 4. The molecule has 0 radical (unpaired) electrons. The van der Waals surface area contributed by atoms with Gasteiger partial charge in [-0.05, 0) is 19.3 Å². The second kappa shape index (κ2) is 14.4. The Morgan fingerprint density at radius 2 is 1.52 bits per heavy atom. The number of alkyl carbamates (subject to hydrolysis) is 1. The van der Waals surface area contributed by atoms with Crippen LogP contribution in [0.25, 0.3) is 0 Å². The molecule has 0 aromatic heterocycles. The van der Waals surface area contributed by atoms with Crippen LogP contribution < -0.4 is 5.32 Å². The summed E-state index contributed by atoms with van der Waals surface area (Å²) in [6, 6.07) is 0. The fourth-order valence-electron chi connectivity index (χ4n) is 3.51. The van der Waals surface area contributed by atoms with Crippen LogP contribution in [-0.2, 0) is 14.3 Å². The van der Waals surface area contributed by atoms with Gasteiger partial charge >= 0.3 is 12.1 Å². The smallest absolute Gasteiger partial charge is 0.408 e. The van der Waals surface area contributed by atoms with E-state index in [9.17, 15) is 9.59 Å². The van der Waals surface area contributed by atoms with Crippen LogP contribution in [0.2, 0.25) is 0 Å². The van der Waals surface area contributed by atoms with Gasteiger partial charge in [0, 0.05) is 6.42 Å². The topological polar surface area (TPSA) is 64.6 Å². The molecule has 154 valence electrons. The van der Waals surface area contributed by atoms with Gasteiger partial charge in [0.1, 0.15) is 12.1 Å². The molecule has 1 fully saturated rings. The van der Waals surface area contributed by atoms with Gasteiger partial charge in [-0.3, -0.25) is 0 Å². The van der Waals surface area contributed by atoms with Gasteiger partial charge in [0.05, 0.1) is 6.61 Å². The van der Waals surface area contributed by atoms with Crippen molar-refractivity contribution in [2.24, 2.45) is 0 Å². The molecule has 1 N–H and O–H groups in total. The third-order valence-electron chi connectivity index (χ3n) is 5.15. The molecule has 0 heterocycles. The van der Waals surface area contributed by atoms with E-state index < -0.39 is 11.6 Å². The van der Waals surface area contributed by atoms with Crippen LogP contribution in [0.4, 0.5) is 4.79 Å². The van der Waals surface area contributed by atoms with Gasteiger partial charge in [-0.1, -0.05) is 71.1 Å². The molecule has 0 spiro atoms. The van der Waals surface area contributed by atoms with E-state index in [0.29, 0.717) is 25.9 Å². The number of ether oxygens (including phenoxy) is 2. The molecule has 1 amide bonds. The summed E-state index contributed by atoms with van der Waals surface area (Å²) in [7, 11) is 0. The lowest BCUT2D eigenvalue weighted by atomic mass is 9.98. The summed E-state index contributed by atoms with van der Waals surface area (Å²) < 4.78 is 10.5. The average Bonchev–Trinajstić information content (AvgIpc) is 3.13. The van der Waals surface area contributed by atoms with Gasteiger partial charge in [-0.25, -0.2) is 9.59 Å². The fraction of sp³-hybridized carbons (Fsp3) is 0.818. The van der Waals surface area contributed by atoms with E-state index in [1.54, 1.807) is 0 Å². The van der Waals surface area contributed by atoms with Crippen molar-refractivity contribution in [3.05, 3.63) is 0 Å². The maximum absolute atomic E-state index is 12.5. The summed E-state index contributed by atoms with van der Waals surface area (Å²) in [6.45, 7) is 2.81. The third-order valence-corrected chi connectivity index (χ3v) is 5.15. The number of rotatable bonds is 14. The van der Waals surface area contributed by atoms with Crippen LogP contribution in [0.1, 0.15) is 96.8 Å². The summed E-state index contributed by atoms with van der Waals surface area (Å²) >= 11 is 0. The summed E-state index contributed by atoms with van der Waals surface area (Å²) in [4.78, 5) is 24.5. The summed E-state index contributed by atoms with van der Waals surface area (Å²) in [6.07, 6.45) is 18.9. The van der Waals surface area contributed by atoms with E-state index in [-0.39, 0.29) is 12.6 Å². The minimum absolute atomic E-state index is 0.159. The van der Waals surface area contributed by atoms with Crippen molar-refractivity contribution < 1.29 is 19.1 Å². The Morgan fingerprint density at radius 1 is 0.926 bits per heavy atom. The molecule has 5 nitrogen and oxygen atoms in total. The molecular weight excluding hydrogens is 342 g/mol. The van der Waals surface area contributed by atoms with Crippen LogP contribution in [-0.4, -0.2) is 30.8 Å². The Labute approximate surface area is 164 Å². The highest BCUT2D eigenvalue weighted by molar-refractivity contribution is 5.86. The lowest BCUT2D eigenvalue weighted by Gasteiger charge is -2.27. The third kappa shape index (κ3) is 9.70. The molecule has 0 atom stereocenters. The molecule has 0 aromatic rings. The van der Waals surface area contributed by atoms with Crippen molar-refractivity contribution in [3.8, 4) is 12.3 Å². The van der Waals surface area contributed by atoms with E-state index in [4.69, 9.17) is 15.9 Å². The highest BCUT2D eigenvalue weighted by atomic mass is 16.6. The van der Waals surface area contributed by atoms with E-state index in [0.717, 1.165) is 25.7 Å². The monoisotopic (exact) mass is 379 g/mol. The zero-order chi connectivity index (χ0) is 19.8. The molecule has 1 rings (SSSR count). The van der Waals surface area contributed by atoms with Gasteiger partial charge in [0.15, 0.2) is 0 Å². The molecule has 0 bridgehead atoms. The maximum atomic E-state index is 12.5. The van der Waals surface area contributed by atoms with Crippen molar-refractivity contribution in [1.82, 2.24) is 5.32 Å². The number of amides is 1. The number of carbonyl (C=O) groups excluding carboxylic acids is 2. The molecule has 0 aromatic carbocycles. The van der Waals surface area contributed by atoms with Crippen molar-refractivity contribution in [2.75, 3.05) is 13.2 Å². The molecule has 0 aliphatic heterocycles. The van der Waals surface area contributed by atoms with E-state index in [1.807, 2.05) is 0 Å². The van der Waals surface area contributed by atoms with Gasteiger partial charge in [0.2, 0.25) is 0 Å². The first-order valence-corrected chi connectivity index (χ1v) is 10.7. The molecule has 1 saturated carbocycles. The van der Waals surface area contributed by atoms with Gasteiger partial charge in [0.25, 0.3) is 0 Å². The van der Waals surface area contributed by atoms with Crippen molar-refractivity contribution in [1.29, 1.82) is 0 Å². The second-order valence-corrected chi connectivity index (χ2v) is 7.47. The van der Waals surface area contributed by atoms with Crippen LogP contribution >= 0.6 is 0 Å². The number of unbranched alkanes of at least 4 members (excludes halogenated alkanes) is 8. The summed E-state index contributed by atoms with van der Waals surface area (Å²) in [5.41, 5.74) is -0.924. The van der Waals surface area contributed by atoms with Crippen molar-refractivity contribution in [2.45, 2.75) is 102 Å². The number of terminal acetylenes is 1. The Balaban J connectivity index is 2.20. The molecule has 0 unspecified atom stereocenters. The van der Waals surface area contributed by atoms with Gasteiger partial charge < -0.3 is 14.8 Å². The number of hydrogen-bond donors (Lipinski definition) is 1. The largest absolute Gasteiger partial charge is 0.464 e. The average molecular weight is 380 g/mol. The normalized spacial score (nSPS) is 15.1. The Kier molecular flexibility index (Phi) is 12.4. The first kappa shape index (κ1) is 23.3. The van der Waals surface area contributed by atoms with Crippen LogP contribution in [0.15, 0.2) is 0 Å². The minimum atomic E-state index is -0.924. The summed E-state index contributed by atoms with van der Waals surface area (Å²) in [5, 5.41) is 2.73. The predicted molar refractivity (Wildman–Crippen MR) is 107 cm³/mol. The summed E-state index contributed by atoms with van der Waals surface area (Å²) in [5.74, 6) is 2.09. The Hall–Kier alpha value is -1.70. The quantitative estimate of drug-likeness (QED) is 0.258. The number of carbonyl (C=O) groups is 2. The number of nitrogens with one attached hydrogen (secondary N) is 1. The second-order valence-electron chi connectivity index (χ2n) is 7.47. The highest BCUT2D eigenvalue weighted by Crippen LogP contribution is 2.31. The Morgan fingerprint density at radius 3 is 2.11 bits per heavy atom. The first-order valence-electron chi connectivity index (χ1n) is 10.7. The molecule has 5 heteroatoms.